The van der Waals surface area contributed by atoms with Crippen LogP contribution in [0.4, 0.5) is 21.0 Å². The average molecular weight is 300 g/mol. The first kappa shape index (κ1) is 15.4. The lowest BCUT2D eigenvalue weighted by Crippen LogP contribution is -2.24. The van der Waals surface area contributed by atoms with E-state index in [0.29, 0.717) is 11.4 Å². The fourth-order valence-electron chi connectivity index (χ4n) is 2.05. The third-order valence-electron chi connectivity index (χ3n) is 3.16. The summed E-state index contributed by atoms with van der Waals surface area (Å²) in [6.45, 7) is 0. The van der Waals surface area contributed by atoms with Crippen molar-refractivity contribution in [3.63, 3.8) is 0 Å². The topological polar surface area (TPSA) is 78.9 Å². The van der Waals surface area contributed by atoms with Gasteiger partial charge in [0.05, 0.1) is 12.8 Å². The van der Waals surface area contributed by atoms with Crippen LogP contribution in [-0.2, 0) is 4.74 Å². The first-order valence-corrected chi connectivity index (χ1v) is 6.54. The van der Waals surface area contributed by atoms with Crippen LogP contribution in [-0.4, -0.2) is 31.5 Å². The molecule has 6 nitrogen and oxygen atoms in total. The number of carboxylic acid groups (broad SMARTS) is 1. The fourth-order valence-corrected chi connectivity index (χ4v) is 2.05. The Morgan fingerprint density at radius 2 is 1.86 bits per heavy atom. The number of hydrogen-bond acceptors (Lipinski definition) is 3. The lowest BCUT2D eigenvalue weighted by atomic mass is 10.0. The van der Waals surface area contributed by atoms with Gasteiger partial charge in [0.15, 0.2) is 0 Å². The van der Waals surface area contributed by atoms with E-state index >= 15 is 0 Å². The van der Waals surface area contributed by atoms with Crippen LogP contribution in [0.1, 0.15) is 0 Å². The maximum absolute atomic E-state index is 11.3. The largest absolute Gasteiger partial charge is 0.465 e. The van der Waals surface area contributed by atoms with Gasteiger partial charge in [0.1, 0.15) is 0 Å². The first-order valence-electron chi connectivity index (χ1n) is 6.54. The quantitative estimate of drug-likeness (QED) is 0.907. The molecule has 0 aliphatic rings. The molecule has 2 amide bonds. The van der Waals surface area contributed by atoms with Crippen molar-refractivity contribution in [3.05, 3.63) is 48.5 Å². The second kappa shape index (κ2) is 6.62. The van der Waals surface area contributed by atoms with Crippen LogP contribution < -0.4 is 10.2 Å². The molecule has 0 aliphatic carbocycles. The van der Waals surface area contributed by atoms with E-state index in [2.05, 4.69) is 10.1 Å². The van der Waals surface area contributed by atoms with Gasteiger partial charge in [0.25, 0.3) is 0 Å². The van der Waals surface area contributed by atoms with Gasteiger partial charge >= 0.3 is 12.2 Å². The van der Waals surface area contributed by atoms with Crippen LogP contribution in [0.3, 0.4) is 0 Å². The van der Waals surface area contributed by atoms with Crippen molar-refractivity contribution >= 4 is 23.6 Å². The molecule has 2 aromatic rings. The van der Waals surface area contributed by atoms with Crippen molar-refractivity contribution in [2.75, 3.05) is 24.4 Å². The van der Waals surface area contributed by atoms with Gasteiger partial charge in [-0.15, -0.1) is 0 Å². The van der Waals surface area contributed by atoms with E-state index in [0.717, 1.165) is 16.0 Å². The molecule has 114 valence electrons. The first-order chi connectivity index (χ1) is 10.5. The van der Waals surface area contributed by atoms with Crippen LogP contribution in [0, 0.1) is 0 Å². The Morgan fingerprint density at radius 1 is 1.14 bits per heavy atom. The molecule has 2 rings (SSSR count). The van der Waals surface area contributed by atoms with E-state index < -0.39 is 12.2 Å². The second-order valence-electron chi connectivity index (χ2n) is 4.56. The molecule has 0 unspecified atom stereocenters. The third kappa shape index (κ3) is 3.35. The van der Waals surface area contributed by atoms with Gasteiger partial charge in [0, 0.05) is 18.3 Å². The molecule has 0 bridgehead atoms. The predicted octanol–water partition coefficient (Wildman–Crippen LogP) is 3.65. The van der Waals surface area contributed by atoms with Crippen molar-refractivity contribution in [1.82, 2.24) is 0 Å². The summed E-state index contributed by atoms with van der Waals surface area (Å²) in [5.74, 6) is 0. The van der Waals surface area contributed by atoms with E-state index in [9.17, 15) is 9.59 Å². The highest BCUT2D eigenvalue weighted by Crippen LogP contribution is 2.31. The lowest BCUT2D eigenvalue weighted by Gasteiger charge is -2.18. The zero-order valence-electron chi connectivity index (χ0n) is 12.2. The second-order valence-corrected chi connectivity index (χ2v) is 4.56. The minimum atomic E-state index is -1.05. The number of carbonyl (C=O) groups excluding carboxylic acids is 1. The van der Waals surface area contributed by atoms with Gasteiger partial charge in [-0.05, 0) is 23.8 Å². The molecule has 0 saturated carbocycles. The SMILES string of the molecule is COC(=O)Nc1cccc(-c2ccccc2N(C)C(=O)O)c1. The number of hydrogen-bond donors (Lipinski definition) is 2. The van der Waals surface area contributed by atoms with Gasteiger partial charge in [-0.25, -0.2) is 9.59 Å². The predicted molar refractivity (Wildman–Crippen MR) is 84.3 cm³/mol. The Morgan fingerprint density at radius 3 is 2.55 bits per heavy atom. The van der Waals surface area contributed by atoms with Gasteiger partial charge in [0.2, 0.25) is 0 Å². The standard InChI is InChI=1S/C16H16N2O4/c1-18(16(20)21)14-9-4-3-8-13(14)11-6-5-7-12(10-11)17-15(19)22-2/h3-10H,1-2H3,(H,17,19)(H,20,21). The van der Waals surface area contributed by atoms with Crippen molar-refractivity contribution in [3.8, 4) is 11.1 Å². The monoisotopic (exact) mass is 300 g/mol. The summed E-state index contributed by atoms with van der Waals surface area (Å²) in [4.78, 5) is 23.6. The lowest BCUT2D eigenvalue weighted by molar-refractivity contribution is 0.187. The number of benzene rings is 2. The number of anilines is 2. The Bertz CT molecular complexity index is 700. The molecule has 2 aromatic carbocycles. The Hall–Kier alpha value is -3.02. The number of ether oxygens (including phenoxy) is 1. The van der Waals surface area contributed by atoms with Crippen LogP contribution in [0.15, 0.2) is 48.5 Å². The van der Waals surface area contributed by atoms with E-state index in [1.165, 1.54) is 14.2 Å². The number of amides is 2. The van der Waals surface area contributed by atoms with E-state index in [4.69, 9.17) is 5.11 Å². The van der Waals surface area contributed by atoms with E-state index in [1.54, 1.807) is 30.3 Å². The number of nitrogens with zero attached hydrogens (tertiary/aromatic N) is 1. The summed E-state index contributed by atoms with van der Waals surface area (Å²) < 4.78 is 4.56. The number of para-hydroxylation sites is 1. The number of rotatable bonds is 3. The van der Waals surface area contributed by atoms with Crippen LogP contribution >= 0.6 is 0 Å². The summed E-state index contributed by atoms with van der Waals surface area (Å²) >= 11 is 0. The van der Waals surface area contributed by atoms with Gasteiger partial charge in [-0.1, -0.05) is 30.3 Å². The maximum Gasteiger partial charge on any atom is 0.411 e. The van der Waals surface area contributed by atoms with E-state index in [1.807, 2.05) is 18.2 Å². The molecule has 0 saturated heterocycles. The molecule has 2 N–H and O–H groups in total. The maximum atomic E-state index is 11.3. The molecule has 0 atom stereocenters. The van der Waals surface area contributed by atoms with Gasteiger partial charge in [-0.3, -0.25) is 10.2 Å². The molecule has 0 aliphatic heterocycles. The highest BCUT2D eigenvalue weighted by atomic mass is 16.5. The molecule has 0 heterocycles. The van der Waals surface area contributed by atoms with Crippen molar-refractivity contribution in [1.29, 1.82) is 0 Å². The minimum absolute atomic E-state index is 0.560. The number of carbonyl (C=O) groups is 2. The molecule has 0 fully saturated rings. The molecule has 0 aromatic heterocycles. The zero-order valence-corrected chi connectivity index (χ0v) is 12.2. The Balaban J connectivity index is 2.42. The summed E-state index contributed by atoms with van der Waals surface area (Å²) in [6.07, 6.45) is -1.61. The van der Waals surface area contributed by atoms with E-state index in [-0.39, 0.29) is 0 Å². The molecular formula is C16H16N2O4. The third-order valence-corrected chi connectivity index (χ3v) is 3.16. The summed E-state index contributed by atoms with van der Waals surface area (Å²) in [6, 6.07) is 14.3. The van der Waals surface area contributed by atoms with Crippen LogP contribution in [0.25, 0.3) is 11.1 Å². The van der Waals surface area contributed by atoms with Crippen LogP contribution in [0.5, 0.6) is 0 Å². The smallest absolute Gasteiger partial charge is 0.411 e. The molecule has 0 spiro atoms. The van der Waals surface area contributed by atoms with Gasteiger partial charge in [-0.2, -0.15) is 0 Å². The Labute approximate surface area is 127 Å². The normalized spacial score (nSPS) is 9.91. The average Bonchev–Trinajstić information content (AvgIpc) is 2.54. The van der Waals surface area contributed by atoms with Crippen molar-refractivity contribution in [2.45, 2.75) is 0 Å². The summed E-state index contributed by atoms with van der Waals surface area (Å²) in [5.41, 5.74) is 2.67. The summed E-state index contributed by atoms with van der Waals surface area (Å²) in [7, 11) is 2.77. The summed E-state index contributed by atoms with van der Waals surface area (Å²) in [5, 5.41) is 11.7. The molecule has 6 heteroatoms. The fraction of sp³-hybridized carbons (Fsp3) is 0.125. The van der Waals surface area contributed by atoms with Crippen molar-refractivity contribution in [2.24, 2.45) is 0 Å². The van der Waals surface area contributed by atoms with Crippen LogP contribution in [0.2, 0.25) is 0 Å². The molecular weight excluding hydrogens is 284 g/mol. The minimum Gasteiger partial charge on any atom is -0.465 e. The number of methoxy groups -OCH3 is 1. The highest BCUT2D eigenvalue weighted by molar-refractivity contribution is 5.93. The van der Waals surface area contributed by atoms with Gasteiger partial charge < -0.3 is 9.84 Å². The molecule has 0 radical (unpaired) electrons. The Kier molecular flexibility index (Phi) is 4.63. The zero-order chi connectivity index (χ0) is 16.1. The highest BCUT2D eigenvalue weighted by Gasteiger charge is 2.14. The number of nitrogens with one attached hydrogen (secondary N) is 1. The van der Waals surface area contributed by atoms with Crippen molar-refractivity contribution < 1.29 is 19.4 Å². The molecule has 22 heavy (non-hydrogen) atoms.